The lowest BCUT2D eigenvalue weighted by Crippen LogP contribution is -2.18. The van der Waals surface area contributed by atoms with Crippen LogP contribution in [-0.2, 0) is 6.54 Å². The Morgan fingerprint density at radius 2 is 1.93 bits per heavy atom. The second-order valence-electron chi connectivity index (χ2n) is 6.26. The number of nitrogens with one attached hydrogen (secondary N) is 2. The highest BCUT2D eigenvalue weighted by Gasteiger charge is 2.11. The lowest BCUT2D eigenvalue weighted by molar-refractivity contribution is 0.101. The van der Waals surface area contributed by atoms with E-state index in [1.54, 1.807) is 47.4 Å². The molecule has 0 saturated carbocycles. The van der Waals surface area contributed by atoms with Gasteiger partial charge < -0.3 is 15.5 Å². The summed E-state index contributed by atoms with van der Waals surface area (Å²) in [6.07, 6.45) is 3.42. The molecule has 3 aromatic rings. The summed E-state index contributed by atoms with van der Waals surface area (Å²) in [6, 6.07) is 10.4. The van der Waals surface area contributed by atoms with E-state index in [2.05, 4.69) is 20.6 Å². The number of amides is 2. The maximum absolute atomic E-state index is 12.5. The van der Waals surface area contributed by atoms with Crippen molar-refractivity contribution in [2.24, 2.45) is 0 Å². The minimum Gasteiger partial charge on any atom is -0.321 e. The molecule has 140 valence electrons. The maximum atomic E-state index is 12.5. The Morgan fingerprint density at radius 1 is 1.11 bits per heavy atom. The average molecular weight is 383 g/mol. The fourth-order valence-corrected chi connectivity index (χ4v) is 3.01. The Labute approximate surface area is 161 Å². The molecule has 2 aromatic heterocycles. The molecule has 0 unspecified atom stereocenters. The van der Waals surface area contributed by atoms with Gasteiger partial charge in [-0.2, -0.15) is 5.10 Å². The number of nitrogens with zero attached hydrogens (tertiary/aromatic N) is 3. The summed E-state index contributed by atoms with van der Waals surface area (Å²) in [4.78, 5) is 27.3. The fourth-order valence-electron chi connectivity index (χ4n) is 2.39. The molecule has 7 nitrogen and oxygen atoms in total. The number of hydrogen-bond donors (Lipinski definition) is 2. The molecule has 1 aromatic carbocycles. The summed E-state index contributed by atoms with van der Waals surface area (Å²) < 4.78 is 1.79. The first-order valence-electron chi connectivity index (χ1n) is 8.45. The summed E-state index contributed by atoms with van der Waals surface area (Å²) in [7, 11) is 3.99. The van der Waals surface area contributed by atoms with Crippen LogP contribution in [-0.4, -0.2) is 47.1 Å². The lowest BCUT2D eigenvalue weighted by atomic mass is 10.2. The van der Waals surface area contributed by atoms with Crippen LogP contribution in [0.15, 0.2) is 54.2 Å². The molecule has 27 heavy (non-hydrogen) atoms. The van der Waals surface area contributed by atoms with Crippen molar-refractivity contribution in [1.29, 1.82) is 0 Å². The summed E-state index contributed by atoms with van der Waals surface area (Å²) in [5.74, 6) is -0.445. The summed E-state index contributed by atoms with van der Waals surface area (Å²) >= 11 is 1.37. The summed E-state index contributed by atoms with van der Waals surface area (Å²) in [5.41, 5.74) is 1.66. The van der Waals surface area contributed by atoms with E-state index in [-0.39, 0.29) is 11.8 Å². The zero-order chi connectivity index (χ0) is 19.2. The van der Waals surface area contributed by atoms with E-state index >= 15 is 0 Å². The van der Waals surface area contributed by atoms with Crippen LogP contribution in [0.4, 0.5) is 11.4 Å². The highest BCUT2D eigenvalue weighted by atomic mass is 32.1. The molecule has 2 N–H and O–H groups in total. The van der Waals surface area contributed by atoms with Crippen molar-refractivity contribution in [3.63, 3.8) is 0 Å². The van der Waals surface area contributed by atoms with Crippen molar-refractivity contribution in [2.45, 2.75) is 6.54 Å². The van der Waals surface area contributed by atoms with Gasteiger partial charge in [0.1, 0.15) is 0 Å². The van der Waals surface area contributed by atoms with Gasteiger partial charge in [-0.25, -0.2) is 0 Å². The van der Waals surface area contributed by atoms with E-state index in [0.29, 0.717) is 21.8 Å². The maximum Gasteiger partial charge on any atom is 0.265 e. The zero-order valence-electron chi connectivity index (χ0n) is 15.2. The van der Waals surface area contributed by atoms with Crippen molar-refractivity contribution in [3.8, 4) is 0 Å². The Balaban J connectivity index is 1.62. The number of hydrogen-bond acceptors (Lipinski definition) is 5. The number of thiophene rings is 1. The SMILES string of the molecule is CN(C)CCn1cc(NC(=O)c2cccc(NC(=O)c3cccs3)c2)cn1. The van der Waals surface area contributed by atoms with Crippen LogP contribution in [0.2, 0.25) is 0 Å². The Hall–Kier alpha value is -2.97. The van der Waals surface area contributed by atoms with E-state index < -0.39 is 0 Å². The van der Waals surface area contributed by atoms with Gasteiger partial charge in [0.05, 0.1) is 23.3 Å². The topological polar surface area (TPSA) is 79.3 Å². The van der Waals surface area contributed by atoms with Crippen LogP contribution in [0.1, 0.15) is 20.0 Å². The van der Waals surface area contributed by atoms with E-state index in [1.807, 2.05) is 25.5 Å². The van der Waals surface area contributed by atoms with Gasteiger partial charge in [0, 0.05) is 24.0 Å². The number of rotatable bonds is 7. The van der Waals surface area contributed by atoms with E-state index in [9.17, 15) is 9.59 Å². The second kappa shape index (κ2) is 8.61. The average Bonchev–Trinajstić information content (AvgIpc) is 3.32. The predicted molar refractivity (Wildman–Crippen MR) is 107 cm³/mol. The molecular weight excluding hydrogens is 362 g/mol. The van der Waals surface area contributed by atoms with Crippen molar-refractivity contribution in [1.82, 2.24) is 14.7 Å². The van der Waals surface area contributed by atoms with E-state index in [1.165, 1.54) is 11.3 Å². The molecule has 8 heteroatoms. The van der Waals surface area contributed by atoms with Crippen LogP contribution in [0, 0.1) is 0 Å². The standard InChI is InChI=1S/C19H21N5O2S/c1-23(2)8-9-24-13-16(12-20-24)22-18(25)14-5-3-6-15(11-14)21-19(26)17-7-4-10-27-17/h3-7,10-13H,8-9H2,1-2H3,(H,21,26)(H,22,25). The fraction of sp³-hybridized carbons (Fsp3) is 0.211. The molecule has 2 heterocycles. The van der Waals surface area contributed by atoms with Gasteiger partial charge in [0.2, 0.25) is 0 Å². The first-order chi connectivity index (χ1) is 13.0. The third-order valence-electron chi connectivity index (χ3n) is 3.80. The number of anilines is 2. The molecule has 0 aliphatic heterocycles. The quantitative estimate of drug-likeness (QED) is 0.657. The smallest absolute Gasteiger partial charge is 0.265 e. The number of benzene rings is 1. The van der Waals surface area contributed by atoms with Crippen molar-refractivity contribution >= 4 is 34.5 Å². The van der Waals surface area contributed by atoms with Gasteiger partial charge in [-0.15, -0.1) is 11.3 Å². The Bertz CT molecular complexity index is 918. The molecule has 3 rings (SSSR count). The number of carbonyl (C=O) groups is 2. The van der Waals surface area contributed by atoms with Crippen LogP contribution >= 0.6 is 11.3 Å². The van der Waals surface area contributed by atoms with Crippen LogP contribution in [0.25, 0.3) is 0 Å². The third-order valence-corrected chi connectivity index (χ3v) is 4.66. The minimum absolute atomic E-state index is 0.190. The monoisotopic (exact) mass is 383 g/mol. The number of likely N-dealkylation sites (N-methyl/N-ethyl adjacent to an activating group) is 1. The van der Waals surface area contributed by atoms with Crippen LogP contribution in [0.3, 0.4) is 0 Å². The van der Waals surface area contributed by atoms with Gasteiger partial charge in [-0.05, 0) is 43.7 Å². The molecular formula is C19H21N5O2S. The van der Waals surface area contributed by atoms with Crippen LogP contribution < -0.4 is 10.6 Å². The normalized spacial score (nSPS) is 10.8. The van der Waals surface area contributed by atoms with Gasteiger partial charge >= 0.3 is 0 Å². The molecule has 0 bridgehead atoms. The number of aromatic nitrogens is 2. The number of carbonyl (C=O) groups excluding carboxylic acids is 2. The van der Waals surface area contributed by atoms with Gasteiger partial charge in [-0.1, -0.05) is 12.1 Å². The Kier molecular flexibility index (Phi) is 6.00. The van der Waals surface area contributed by atoms with E-state index in [0.717, 1.165) is 13.1 Å². The van der Waals surface area contributed by atoms with Gasteiger partial charge in [-0.3, -0.25) is 14.3 Å². The van der Waals surface area contributed by atoms with Gasteiger partial charge in [0.25, 0.3) is 11.8 Å². The molecule has 2 amide bonds. The molecule has 0 atom stereocenters. The third kappa shape index (κ3) is 5.25. The molecule has 0 aliphatic rings. The Morgan fingerprint density at radius 3 is 2.67 bits per heavy atom. The molecule has 0 saturated heterocycles. The van der Waals surface area contributed by atoms with Crippen molar-refractivity contribution in [3.05, 3.63) is 64.6 Å². The second-order valence-corrected chi connectivity index (χ2v) is 7.21. The first-order valence-corrected chi connectivity index (χ1v) is 9.33. The highest BCUT2D eigenvalue weighted by molar-refractivity contribution is 7.12. The largest absolute Gasteiger partial charge is 0.321 e. The van der Waals surface area contributed by atoms with Crippen molar-refractivity contribution < 1.29 is 9.59 Å². The zero-order valence-corrected chi connectivity index (χ0v) is 16.0. The van der Waals surface area contributed by atoms with Crippen molar-refractivity contribution in [2.75, 3.05) is 31.3 Å². The molecule has 0 fully saturated rings. The predicted octanol–water partition coefficient (Wildman–Crippen LogP) is 3.01. The first kappa shape index (κ1) is 18.8. The lowest BCUT2D eigenvalue weighted by Gasteiger charge is -2.08. The summed E-state index contributed by atoms with van der Waals surface area (Å²) in [5, 5.41) is 11.7. The molecule has 0 aliphatic carbocycles. The molecule has 0 spiro atoms. The summed E-state index contributed by atoms with van der Waals surface area (Å²) in [6.45, 7) is 1.61. The van der Waals surface area contributed by atoms with E-state index in [4.69, 9.17) is 0 Å². The van der Waals surface area contributed by atoms with Gasteiger partial charge in [0.15, 0.2) is 0 Å². The van der Waals surface area contributed by atoms with Crippen LogP contribution in [0.5, 0.6) is 0 Å². The molecule has 0 radical (unpaired) electrons. The highest BCUT2D eigenvalue weighted by Crippen LogP contribution is 2.16. The minimum atomic E-state index is -0.255.